The maximum Gasteiger partial charge on any atom is 0.249 e. The Morgan fingerprint density at radius 1 is 1.25 bits per heavy atom. The van der Waals surface area contributed by atoms with Gasteiger partial charge in [0.15, 0.2) is 0 Å². The van der Waals surface area contributed by atoms with Gasteiger partial charge in [-0.25, -0.2) is 0 Å². The van der Waals surface area contributed by atoms with Crippen molar-refractivity contribution in [2.45, 2.75) is 20.8 Å². The van der Waals surface area contributed by atoms with Crippen molar-refractivity contribution < 1.29 is 4.74 Å². The van der Waals surface area contributed by atoms with Gasteiger partial charge in [0.1, 0.15) is 10.7 Å². The van der Waals surface area contributed by atoms with Crippen LogP contribution in [0.5, 0.6) is 11.6 Å². The number of benzene rings is 1. The Kier molecular flexibility index (Phi) is 4.35. The number of thiocarbonyl (C=S) groups is 1. The van der Waals surface area contributed by atoms with Crippen LogP contribution in [0.25, 0.3) is 0 Å². The van der Waals surface area contributed by atoms with Crippen molar-refractivity contribution in [3.8, 4) is 11.6 Å². The lowest BCUT2D eigenvalue weighted by Gasteiger charge is -2.13. The number of halogens is 1. The van der Waals surface area contributed by atoms with Crippen molar-refractivity contribution in [2.24, 2.45) is 5.73 Å². The van der Waals surface area contributed by atoms with E-state index in [2.05, 4.69) is 26.1 Å². The zero-order valence-electron chi connectivity index (χ0n) is 11.4. The van der Waals surface area contributed by atoms with Crippen LogP contribution in [0.1, 0.15) is 22.4 Å². The first-order chi connectivity index (χ1) is 9.40. The van der Waals surface area contributed by atoms with Crippen LogP contribution in [0, 0.1) is 20.8 Å². The van der Waals surface area contributed by atoms with Crippen LogP contribution in [-0.2, 0) is 0 Å². The third kappa shape index (κ3) is 2.96. The van der Waals surface area contributed by atoms with Gasteiger partial charge in [-0.2, -0.15) is 5.10 Å². The normalized spacial score (nSPS) is 10.4. The molecule has 2 N–H and O–H groups in total. The second kappa shape index (κ2) is 5.85. The predicted molar refractivity (Wildman–Crippen MR) is 86.3 cm³/mol. The van der Waals surface area contributed by atoms with Crippen molar-refractivity contribution in [1.29, 1.82) is 0 Å². The molecule has 4 nitrogen and oxygen atoms in total. The zero-order valence-corrected chi connectivity index (χ0v) is 13.8. The number of hydrogen-bond acceptors (Lipinski definition) is 4. The molecule has 0 spiro atoms. The first-order valence-corrected chi connectivity index (χ1v) is 7.18. The van der Waals surface area contributed by atoms with Crippen LogP contribution < -0.4 is 10.5 Å². The van der Waals surface area contributed by atoms with E-state index in [1.165, 1.54) is 0 Å². The summed E-state index contributed by atoms with van der Waals surface area (Å²) in [6, 6.07) is 5.78. The van der Waals surface area contributed by atoms with Crippen molar-refractivity contribution in [1.82, 2.24) is 10.2 Å². The van der Waals surface area contributed by atoms with Gasteiger partial charge in [0.2, 0.25) is 5.88 Å². The van der Waals surface area contributed by atoms with Crippen molar-refractivity contribution in [3.63, 3.8) is 0 Å². The Labute approximate surface area is 131 Å². The summed E-state index contributed by atoms with van der Waals surface area (Å²) in [5.74, 6) is 0.968. The maximum atomic E-state index is 5.80. The summed E-state index contributed by atoms with van der Waals surface area (Å²) in [5, 5.41) is 8.12. The van der Waals surface area contributed by atoms with E-state index in [-0.39, 0.29) is 4.99 Å². The zero-order chi connectivity index (χ0) is 14.9. The molecule has 0 fully saturated rings. The van der Waals surface area contributed by atoms with Crippen LogP contribution in [0.4, 0.5) is 0 Å². The van der Waals surface area contributed by atoms with E-state index in [1.807, 2.05) is 39.0 Å². The Hall–Kier alpha value is -1.53. The topological polar surface area (TPSA) is 61.0 Å². The molecule has 0 aliphatic carbocycles. The molecule has 0 unspecified atom stereocenters. The molecule has 104 valence electrons. The lowest BCUT2D eigenvalue weighted by Crippen LogP contribution is -2.15. The van der Waals surface area contributed by atoms with Crippen molar-refractivity contribution >= 4 is 33.1 Å². The summed E-state index contributed by atoms with van der Waals surface area (Å²) in [7, 11) is 0. The number of aryl methyl sites for hydroxylation is 2. The smallest absolute Gasteiger partial charge is 0.249 e. The summed E-state index contributed by atoms with van der Waals surface area (Å²) < 4.78 is 6.64. The van der Waals surface area contributed by atoms with Crippen molar-refractivity contribution in [3.05, 3.63) is 45.1 Å². The minimum absolute atomic E-state index is 0.249. The number of aromatic nitrogens is 2. The monoisotopic (exact) mass is 351 g/mol. The predicted octanol–water partition coefficient (Wildman–Crippen LogP) is 3.59. The summed E-state index contributed by atoms with van der Waals surface area (Å²) in [4.78, 5) is 0.249. The number of ether oxygens (including phenoxy) is 1. The fraction of sp³-hybridized carbons (Fsp3) is 0.214. The van der Waals surface area contributed by atoms with Crippen LogP contribution in [0.3, 0.4) is 0 Å². The number of nitrogens with zero attached hydrogens (tertiary/aromatic N) is 2. The molecule has 2 rings (SSSR count). The molecule has 0 atom stereocenters. The highest BCUT2D eigenvalue weighted by molar-refractivity contribution is 9.10. The fourth-order valence-corrected chi connectivity index (χ4v) is 2.56. The highest BCUT2D eigenvalue weighted by atomic mass is 79.9. The average Bonchev–Trinajstić information content (AvgIpc) is 2.36. The molecule has 0 saturated heterocycles. The molecule has 2 aromatic rings. The van der Waals surface area contributed by atoms with E-state index < -0.39 is 0 Å². The molecule has 1 aromatic heterocycles. The van der Waals surface area contributed by atoms with E-state index in [9.17, 15) is 0 Å². The van der Waals surface area contributed by atoms with Crippen LogP contribution >= 0.6 is 28.1 Å². The van der Waals surface area contributed by atoms with Gasteiger partial charge in [-0.05, 0) is 60.0 Å². The van der Waals surface area contributed by atoms with Crippen LogP contribution in [-0.4, -0.2) is 15.2 Å². The summed E-state index contributed by atoms with van der Waals surface area (Å²) in [6.45, 7) is 5.76. The van der Waals surface area contributed by atoms with Crippen molar-refractivity contribution in [2.75, 3.05) is 0 Å². The highest BCUT2D eigenvalue weighted by Crippen LogP contribution is 2.32. The minimum atomic E-state index is 0.249. The molecular weight excluding hydrogens is 338 g/mol. The first-order valence-electron chi connectivity index (χ1n) is 5.98. The van der Waals surface area contributed by atoms with Gasteiger partial charge in [0.25, 0.3) is 0 Å². The number of rotatable bonds is 3. The lowest BCUT2D eigenvalue weighted by molar-refractivity contribution is 0.450. The second-order valence-corrected chi connectivity index (χ2v) is 5.78. The summed E-state index contributed by atoms with van der Waals surface area (Å²) >= 11 is 8.55. The number of nitrogens with two attached hydrogens (primary N) is 1. The maximum absolute atomic E-state index is 5.80. The first kappa shape index (κ1) is 14.9. The Morgan fingerprint density at radius 3 is 2.55 bits per heavy atom. The standard InChI is InChI=1S/C14H14BrN3OS/c1-7-4-5-11(10(15)6-7)19-14-12(13(16)20)8(2)9(3)17-18-14/h4-6H,1-3H3,(H2,16,20). The van der Waals surface area contributed by atoms with Gasteiger partial charge in [0, 0.05) is 0 Å². The SMILES string of the molecule is Cc1ccc(Oc2nnc(C)c(C)c2C(N)=S)c(Br)c1. The molecule has 0 radical (unpaired) electrons. The molecule has 0 amide bonds. The Bertz CT molecular complexity index is 688. The van der Waals surface area contributed by atoms with E-state index in [1.54, 1.807) is 0 Å². The second-order valence-electron chi connectivity index (χ2n) is 4.49. The fourth-order valence-electron chi connectivity index (χ4n) is 1.74. The van der Waals surface area contributed by atoms with Gasteiger partial charge in [-0.3, -0.25) is 0 Å². The summed E-state index contributed by atoms with van der Waals surface area (Å²) in [5.41, 5.74) is 9.19. The molecule has 0 bridgehead atoms. The Morgan fingerprint density at radius 2 is 1.95 bits per heavy atom. The van der Waals surface area contributed by atoms with Crippen LogP contribution in [0.2, 0.25) is 0 Å². The van der Waals surface area contributed by atoms with Gasteiger partial charge >= 0.3 is 0 Å². The quantitative estimate of drug-likeness (QED) is 0.856. The third-order valence-corrected chi connectivity index (χ3v) is 3.79. The molecule has 20 heavy (non-hydrogen) atoms. The van der Waals surface area contributed by atoms with Gasteiger partial charge in [0.05, 0.1) is 15.7 Å². The highest BCUT2D eigenvalue weighted by Gasteiger charge is 2.16. The molecule has 1 heterocycles. The van der Waals surface area contributed by atoms with Gasteiger partial charge in [-0.15, -0.1) is 5.10 Å². The molecule has 1 aromatic carbocycles. The van der Waals surface area contributed by atoms with E-state index in [0.717, 1.165) is 21.3 Å². The summed E-state index contributed by atoms with van der Waals surface area (Å²) in [6.07, 6.45) is 0. The largest absolute Gasteiger partial charge is 0.436 e. The molecule has 6 heteroatoms. The van der Waals surface area contributed by atoms with E-state index >= 15 is 0 Å². The van der Waals surface area contributed by atoms with E-state index in [0.29, 0.717) is 17.2 Å². The van der Waals surface area contributed by atoms with Gasteiger partial charge < -0.3 is 10.5 Å². The Balaban J connectivity index is 2.48. The molecule has 0 saturated carbocycles. The third-order valence-electron chi connectivity index (χ3n) is 2.96. The molecule has 0 aliphatic rings. The minimum Gasteiger partial charge on any atom is -0.436 e. The average molecular weight is 352 g/mol. The van der Waals surface area contributed by atoms with Gasteiger partial charge in [-0.1, -0.05) is 18.3 Å². The van der Waals surface area contributed by atoms with E-state index in [4.69, 9.17) is 22.7 Å². The number of hydrogen-bond donors (Lipinski definition) is 1. The molecule has 0 aliphatic heterocycles. The van der Waals surface area contributed by atoms with Crippen LogP contribution in [0.15, 0.2) is 22.7 Å². The lowest BCUT2D eigenvalue weighted by atomic mass is 10.1. The molecular formula is C14H14BrN3OS.